The van der Waals surface area contributed by atoms with Gasteiger partial charge in [0.05, 0.1) is 18.8 Å². The maximum absolute atomic E-state index is 5.26. The average Bonchev–Trinajstić information content (AvgIpc) is 1.63. The van der Waals surface area contributed by atoms with E-state index in [4.69, 9.17) is 10.6 Å². The Balaban J connectivity index is -0.000000320. The fraction of sp³-hybridized carbons (Fsp3) is 1.00. The molecule has 0 fully saturated rings. The molecule has 0 unspecified atom stereocenters. The normalized spacial score (nSPS) is 9.82. The van der Waals surface area contributed by atoms with Gasteiger partial charge in [-0.2, -0.15) is 0 Å². The molecular formula is C8H23NO2. The molecule has 0 radical (unpaired) electrons. The second kappa shape index (κ2) is 7.98. The molecule has 0 aromatic carbocycles. The van der Waals surface area contributed by atoms with E-state index in [0.29, 0.717) is 13.2 Å². The van der Waals surface area contributed by atoms with Gasteiger partial charge in [0.1, 0.15) is 0 Å². The molecule has 0 saturated carbocycles. The topological polar surface area (TPSA) is 44.5 Å². The quantitative estimate of drug-likeness (QED) is 0.513. The number of hydrogen-bond donors (Lipinski definition) is 1. The predicted molar refractivity (Wildman–Crippen MR) is 49.3 cm³/mol. The molecule has 3 heteroatoms. The van der Waals surface area contributed by atoms with E-state index in [2.05, 4.69) is 4.84 Å². The first-order valence-electron chi connectivity index (χ1n) is 3.02. The van der Waals surface area contributed by atoms with E-state index in [-0.39, 0.29) is 20.5 Å². The number of rotatable bonds is 3. The van der Waals surface area contributed by atoms with Gasteiger partial charge in [0.2, 0.25) is 0 Å². The molecule has 0 aliphatic rings. The third-order valence-electron chi connectivity index (χ3n) is 0.736. The summed E-state index contributed by atoms with van der Waals surface area (Å²) in [6.07, 6.45) is 0. The van der Waals surface area contributed by atoms with E-state index in [1.165, 1.54) is 0 Å². The van der Waals surface area contributed by atoms with Gasteiger partial charge in [-0.3, -0.25) is 0 Å². The van der Waals surface area contributed by atoms with Crippen molar-refractivity contribution in [2.75, 3.05) is 13.2 Å². The first-order valence-corrected chi connectivity index (χ1v) is 3.02. The molecule has 0 heterocycles. The van der Waals surface area contributed by atoms with Crippen LogP contribution in [0.15, 0.2) is 0 Å². The molecule has 0 bridgehead atoms. The molecule has 0 spiro atoms. The van der Waals surface area contributed by atoms with Crippen molar-refractivity contribution in [1.82, 2.24) is 0 Å². The Morgan fingerprint density at radius 3 is 1.82 bits per heavy atom. The minimum atomic E-state index is -0.0848. The van der Waals surface area contributed by atoms with Gasteiger partial charge in [-0.05, 0) is 20.8 Å². The average molecular weight is 165 g/mol. The van der Waals surface area contributed by atoms with E-state index in [0.717, 1.165) is 0 Å². The third-order valence-corrected chi connectivity index (χ3v) is 0.736. The fourth-order valence-electron chi connectivity index (χ4n) is 0.396. The lowest BCUT2D eigenvalue weighted by atomic mass is 10.2. The molecule has 0 atom stereocenters. The van der Waals surface area contributed by atoms with Crippen molar-refractivity contribution in [3.63, 3.8) is 0 Å². The van der Waals surface area contributed by atoms with Crippen molar-refractivity contribution >= 4 is 0 Å². The molecule has 0 aliphatic heterocycles. The fourth-order valence-corrected chi connectivity index (χ4v) is 0.396. The van der Waals surface area contributed by atoms with Crippen LogP contribution in [0.3, 0.4) is 0 Å². The van der Waals surface area contributed by atoms with Gasteiger partial charge in [0.25, 0.3) is 0 Å². The zero-order chi connectivity index (χ0) is 7.33. The second-order valence-electron chi connectivity index (χ2n) is 2.83. The molecule has 3 nitrogen and oxygen atoms in total. The van der Waals surface area contributed by atoms with Gasteiger partial charge < -0.3 is 9.57 Å². The summed E-state index contributed by atoms with van der Waals surface area (Å²) >= 11 is 0. The third kappa shape index (κ3) is 17.7. The molecule has 72 valence electrons. The molecule has 11 heavy (non-hydrogen) atoms. The number of ether oxygens (including phenoxy) is 1. The van der Waals surface area contributed by atoms with Crippen LogP contribution in [0.2, 0.25) is 0 Å². The predicted octanol–water partition coefficient (Wildman–Crippen LogP) is 1.96. The van der Waals surface area contributed by atoms with E-state index >= 15 is 0 Å². The van der Waals surface area contributed by atoms with E-state index < -0.39 is 0 Å². The van der Waals surface area contributed by atoms with Crippen LogP contribution < -0.4 is 5.90 Å². The summed E-state index contributed by atoms with van der Waals surface area (Å²) < 4.78 is 5.26. The van der Waals surface area contributed by atoms with E-state index in [1.807, 2.05) is 20.8 Å². The molecular weight excluding hydrogens is 142 g/mol. The maximum atomic E-state index is 5.26. The van der Waals surface area contributed by atoms with Gasteiger partial charge in [-0.1, -0.05) is 14.9 Å². The van der Waals surface area contributed by atoms with Crippen LogP contribution in [0, 0.1) is 0 Å². The maximum Gasteiger partial charge on any atom is 0.0913 e. The molecule has 2 N–H and O–H groups in total. The highest BCUT2D eigenvalue weighted by molar-refractivity contribution is 4.57. The van der Waals surface area contributed by atoms with Crippen molar-refractivity contribution in [3.8, 4) is 0 Å². The summed E-state index contributed by atoms with van der Waals surface area (Å²) in [7, 11) is 0. The Bertz CT molecular complexity index is 69.0. The lowest BCUT2D eigenvalue weighted by Crippen LogP contribution is -2.22. The first kappa shape index (κ1) is 17.1. The van der Waals surface area contributed by atoms with Crippen molar-refractivity contribution in [2.45, 2.75) is 41.2 Å². The van der Waals surface area contributed by atoms with Gasteiger partial charge in [0.15, 0.2) is 0 Å². The van der Waals surface area contributed by atoms with Gasteiger partial charge in [-0.25, -0.2) is 5.90 Å². The summed E-state index contributed by atoms with van der Waals surface area (Å²) in [6, 6.07) is 0. The largest absolute Gasteiger partial charge is 0.373 e. The zero-order valence-corrected chi connectivity index (χ0v) is 6.31. The molecule has 0 aromatic heterocycles. The number of hydrogen-bond acceptors (Lipinski definition) is 3. The molecule has 0 aromatic rings. The highest BCUT2D eigenvalue weighted by Gasteiger charge is 2.08. The Hall–Kier alpha value is -0.120. The highest BCUT2D eigenvalue weighted by atomic mass is 16.6. The molecule has 0 rings (SSSR count). The minimum absolute atomic E-state index is 0. The first-order chi connectivity index (χ1) is 4.06. The highest BCUT2D eigenvalue weighted by Crippen LogP contribution is 2.04. The van der Waals surface area contributed by atoms with Crippen LogP contribution in [-0.4, -0.2) is 18.8 Å². The van der Waals surface area contributed by atoms with Crippen LogP contribution in [0.25, 0.3) is 0 Å². The van der Waals surface area contributed by atoms with Gasteiger partial charge >= 0.3 is 0 Å². The second-order valence-corrected chi connectivity index (χ2v) is 2.83. The smallest absolute Gasteiger partial charge is 0.0913 e. The zero-order valence-electron chi connectivity index (χ0n) is 6.31. The number of nitrogens with two attached hydrogens (primary N) is 1. The molecule has 0 amide bonds. The summed E-state index contributed by atoms with van der Waals surface area (Å²) in [5.41, 5.74) is -0.0848. The summed E-state index contributed by atoms with van der Waals surface area (Å²) in [4.78, 5) is 4.31. The lowest BCUT2D eigenvalue weighted by molar-refractivity contribution is -0.0352. The SMILES string of the molecule is C.C.CC(C)(C)OCCON. The molecule has 0 aliphatic carbocycles. The monoisotopic (exact) mass is 165 g/mol. The Kier molecular flexibility index (Phi) is 12.4. The Morgan fingerprint density at radius 2 is 1.55 bits per heavy atom. The van der Waals surface area contributed by atoms with Crippen molar-refractivity contribution in [2.24, 2.45) is 5.90 Å². The summed E-state index contributed by atoms with van der Waals surface area (Å²) in [5.74, 6) is 4.78. The minimum Gasteiger partial charge on any atom is -0.373 e. The Labute approximate surface area is 70.8 Å². The van der Waals surface area contributed by atoms with Gasteiger partial charge in [0, 0.05) is 0 Å². The van der Waals surface area contributed by atoms with Crippen LogP contribution in [0.4, 0.5) is 0 Å². The van der Waals surface area contributed by atoms with E-state index in [1.54, 1.807) is 0 Å². The Morgan fingerprint density at radius 1 is 1.09 bits per heavy atom. The lowest BCUT2D eigenvalue weighted by Gasteiger charge is -2.18. The standard InChI is InChI=1S/C6H15NO2.2CH4/c1-6(2,3)8-4-5-9-7;;/h4-5,7H2,1-3H3;2*1H4. The molecule has 0 saturated heterocycles. The van der Waals surface area contributed by atoms with Crippen molar-refractivity contribution in [3.05, 3.63) is 0 Å². The summed E-state index contributed by atoms with van der Waals surface area (Å²) in [6.45, 7) is 6.98. The summed E-state index contributed by atoms with van der Waals surface area (Å²) in [5, 5.41) is 0. The van der Waals surface area contributed by atoms with E-state index in [9.17, 15) is 0 Å². The van der Waals surface area contributed by atoms with Crippen LogP contribution in [0.1, 0.15) is 35.6 Å². The van der Waals surface area contributed by atoms with Crippen LogP contribution in [0.5, 0.6) is 0 Å². The van der Waals surface area contributed by atoms with Crippen LogP contribution >= 0.6 is 0 Å². The van der Waals surface area contributed by atoms with Crippen molar-refractivity contribution in [1.29, 1.82) is 0 Å². The van der Waals surface area contributed by atoms with Crippen molar-refractivity contribution < 1.29 is 9.57 Å². The van der Waals surface area contributed by atoms with Crippen LogP contribution in [-0.2, 0) is 9.57 Å². The van der Waals surface area contributed by atoms with Gasteiger partial charge in [-0.15, -0.1) is 0 Å².